The average molecular weight is 234 g/mol. The summed E-state index contributed by atoms with van der Waals surface area (Å²) in [6, 6.07) is 0. The van der Waals surface area contributed by atoms with Gasteiger partial charge >= 0.3 is 0 Å². The van der Waals surface area contributed by atoms with E-state index in [1.165, 1.54) is 32.1 Å². The fourth-order valence-corrected chi connectivity index (χ4v) is 5.75. The zero-order valence-electron chi connectivity index (χ0n) is 12.2. The largest absolute Gasteiger partial charge is 0.659 e. The maximum Gasteiger partial charge on any atom is -0.0289 e. The second-order valence-electron chi connectivity index (χ2n) is 8.06. The molecule has 3 fully saturated rings. The Hall–Kier alpha value is -0.0400. The van der Waals surface area contributed by atoms with Gasteiger partial charge in [-0.15, -0.1) is 5.54 Å². The van der Waals surface area contributed by atoms with Crippen LogP contribution < -0.4 is 0 Å². The van der Waals surface area contributed by atoms with E-state index < -0.39 is 0 Å². The Morgan fingerprint density at radius 3 is 2.35 bits per heavy atom. The van der Waals surface area contributed by atoms with Crippen molar-refractivity contribution in [2.45, 2.75) is 65.3 Å². The van der Waals surface area contributed by atoms with Crippen molar-refractivity contribution in [3.8, 4) is 0 Å². The first-order valence-corrected chi connectivity index (χ1v) is 7.46. The zero-order valence-corrected chi connectivity index (χ0v) is 12.2. The zero-order chi connectivity index (χ0) is 12.5. The first-order valence-electron chi connectivity index (χ1n) is 7.46. The standard InChI is InChI=1S/C16H28N/c1-14(2)11-7-10-15(3)8-6-9-16(4,17-5)13(15)12(11)14/h11-13H,6-10H2,1-5H3/q-1/t11-,12-,13+,15+,16+/m0/s1. The van der Waals surface area contributed by atoms with E-state index in [0.717, 1.165) is 17.8 Å². The third-order valence-corrected chi connectivity index (χ3v) is 6.89. The summed E-state index contributed by atoms with van der Waals surface area (Å²) in [4.78, 5) is 0. The van der Waals surface area contributed by atoms with E-state index in [9.17, 15) is 0 Å². The van der Waals surface area contributed by atoms with E-state index in [1.54, 1.807) is 0 Å². The van der Waals surface area contributed by atoms with Gasteiger partial charge in [0.2, 0.25) is 0 Å². The Kier molecular flexibility index (Phi) is 2.32. The highest BCUT2D eigenvalue weighted by atomic mass is 15.0. The molecule has 0 aromatic heterocycles. The Morgan fingerprint density at radius 1 is 1.00 bits per heavy atom. The number of rotatable bonds is 1. The third kappa shape index (κ3) is 1.41. The molecule has 0 aliphatic heterocycles. The van der Waals surface area contributed by atoms with Crippen LogP contribution in [0.5, 0.6) is 0 Å². The van der Waals surface area contributed by atoms with E-state index >= 15 is 0 Å². The lowest BCUT2D eigenvalue weighted by Gasteiger charge is -2.61. The Balaban J connectivity index is 1.98. The quantitative estimate of drug-likeness (QED) is 0.628. The minimum absolute atomic E-state index is 0.268. The van der Waals surface area contributed by atoms with Crippen LogP contribution in [0.1, 0.15) is 59.8 Å². The summed E-state index contributed by atoms with van der Waals surface area (Å²) >= 11 is 0. The van der Waals surface area contributed by atoms with Gasteiger partial charge in [-0.2, -0.15) is 7.05 Å². The molecular formula is C16H28N-. The molecule has 5 atom stereocenters. The highest BCUT2D eigenvalue weighted by Crippen LogP contribution is 2.75. The molecule has 0 aromatic rings. The number of hydrogen-bond acceptors (Lipinski definition) is 0. The van der Waals surface area contributed by atoms with Crippen molar-refractivity contribution < 1.29 is 0 Å². The summed E-state index contributed by atoms with van der Waals surface area (Å²) in [6.45, 7) is 9.99. The molecular weight excluding hydrogens is 206 g/mol. The van der Waals surface area contributed by atoms with Crippen molar-refractivity contribution in [2.24, 2.45) is 28.6 Å². The van der Waals surface area contributed by atoms with E-state index in [2.05, 4.69) is 34.7 Å². The predicted octanol–water partition coefficient (Wildman–Crippen LogP) is 4.62. The maximum atomic E-state index is 4.85. The van der Waals surface area contributed by atoms with Crippen molar-refractivity contribution in [3.05, 3.63) is 5.32 Å². The van der Waals surface area contributed by atoms with Gasteiger partial charge in [-0.05, 0) is 47.8 Å². The molecule has 0 bridgehead atoms. The molecule has 3 saturated carbocycles. The molecule has 0 saturated heterocycles. The molecule has 3 rings (SSSR count). The molecule has 17 heavy (non-hydrogen) atoms. The number of nitrogens with zero attached hydrogens (tertiary/aromatic N) is 1. The molecule has 0 unspecified atom stereocenters. The summed E-state index contributed by atoms with van der Waals surface area (Å²) in [6.07, 6.45) is 7.08. The molecule has 98 valence electrons. The molecule has 3 aliphatic carbocycles. The van der Waals surface area contributed by atoms with Crippen molar-refractivity contribution >= 4 is 0 Å². The first-order chi connectivity index (χ1) is 7.85. The smallest absolute Gasteiger partial charge is 0.0289 e. The normalized spacial score (nSPS) is 55.9. The Labute approximate surface area is 107 Å². The van der Waals surface area contributed by atoms with Crippen LogP contribution in [-0.4, -0.2) is 12.6 Å². The summed E-state index contributed by atoms with van der Waals surface area (Å²) in [5.41, 5.74) is 1.46. The van der Waals surface area contributed by atoms with Gasteiger partial charge in [0, 0.05) is 0 Å². The second-order valence-corrected chi connectivity index (χ2v) is 8.06. The van der Waals surface area contributed by atoms with Crippen LogP contribution in [-0.2, 0) is 0 Å². The van der Waals surface area contributed by atoms with Crippen LogP contribution >= 0.6 is 0 Å². The van der Waals surface area contributed by atoms with Gasteiger partial charge in [-0.3, -0.25) is 0 Å². The number of fused-ring (bicyclic) bond motifs is 3. The third-order valence-electron chi connectivity index (χ3n) is 6.89. The Bertz CT molecular complexity index is 324. The lowest BCUT2D eigenvalue weighted by Crippen LogP contribution is -2.50. The van der Waals surface area contributed by atoms with Gasteiger partial charge < -0.3 is 5.32 Å². The molecule has 0 radical (unpaired) electrons. The van der Waals surface area contributed by atoms with Gasteiger partial charge in [-0.1, -0.05) is 40.5 Å². The fraction of sp³-hybridized carbons (Fsp3) is 1.00. The van der Waals surface area contributed by atoms with Gasteiger partial charge in [0.25, 0.3) is 0 Å². The monoisotopic (exact) mass is 234 g/mol. The summed E-state index contributed by atoms with van der Waals surface area (Å²) in [7, 11) is 2.06. The van der Waals surface area contributed by atoms with E-state index in [1.807, 2.05) is 0 Å². The highest BCUT2D eigenvalue weighted by molar-refractivity contribution is 5.23. The van der Waals surface area contributed by atoms with Gasteiger partial charge in [0.1, 0.15) is 0 Å². The predicted molar refractivity (Wildman–Crippen MR) is 73.1 cm³/mol. The van der Waals surface area contributed by atoms with Crippen molar-refractivity contribution in [3.63, 3.8) is 0 Å². The highest BCUT2D eigenvalue weighted by Gasteiger charge is 2.68. The van der Waals surface area contributed by atoms with Crippen molar-refractivity contribution in [1.29, 1.82) is 0 Å². The van der Waals surface area contributed by atoms with E-state index in [-0.39, 0.29) is 5.54 Å². The molecule has 0 N–H and O–H groups in total. The Morgan fingerprint density at radius 2 is 1.71 bits per heavy atom. The molecule has 0 heterocycles. The van der Waals surface area contributed by atoms with Crippen LogP contribution in [0.25, 0.3) is 5.32 Å². The SMILES string of the molecule is C[N-][C@]1(C)CCC[C@]2(C)CC[C@H]3[C@@H]([C@H]21)C3(C)C. The summed E-state index contributed by atoms with van der Waals surface area (Å²) in [5, 5.41) is 4.85. The average Bonchev–Trinajstić information content (AvgIpc) is 2.80. The minimum atomic E-state index is 0.268. The van der Waals surface area contributed by atoms with Crippen molar-refractivity contribution in [1.82, 2.24) is 0 Å². The molecule has 0 spiro atoms. The molecule has 1 heteroatoms. The van der Waals surface area contributed by atoms with Crippen molar-refractivity contribution in [2.75, 3.05) is 7.05 Å². The second kappa shape index (κ2) is 3.29. The van der Waals surface area contributed by atoms with Crippen LogP contribution in [0, 0.1) is 28.6 Å². The maximum absolute atomic E-state index is 4.85. The van der Waals surface area contributed by atoms with Crippen LogP contribution in [0.3, 0.4) is 0 Å². The minimum Gasteiger partial charge on any atom is -0.659 e. The topological polar surface area (TPSA) is 14.1 Å². The lowest BCUT2D eigenvalue weighted by molar-refractivity contribution is 0.00604. The van der Waals surface area contributed by atoms with Gasteiger partial charge in [0.15, 0.2) is 0 Å². The first kappa shape index (κ1) is 12.0. The molecule has 1 nitrogen and oxygen atoms in total. The molecule has 0 aromatic carbocycles. The van der Waals surface area contributed by atoms with Gasteiger partial charge in [-0.25, -0.2) is 0 Å². The molecule has 3 aliphatic rings. The number of hydrogen-bond donors (Lipinski definition) is 0. The van der Waals surface area contributed by atoms with Crippen LogP contribution in [0.4, 0.5) is 0 Å². The fourth-order valence-electron chi connectivity index (χ4n) is 5.75. The van der Waals surface area contributed by atoms with Crippen LogP contribution in [0.2, 0.25) is 0 Å². The van der Waals surface area contributed by atoms with Crippen LogP contribution in [0.15, 0.2) is 0 Å². The van der Waals surface area contributed by atoms with E-state index in [0.29, 0.717) is 10.8 Å². The van der Waals surface area contributed by atoms with E-state index in [4.69, 9.17) is 5.32 Å². The lowest BCUT2D eigenvalue weighted by atomic mass is 9.53. The summed E-state index contributed by atoms with van der Waals surface area (Å²) in [5.74, 6) is 2.80. The van der Waals surface area contributed by atoms with Gasteiger partial charge in [0.05, 0.1) is 0 Å². The summed E-state index contributed by atoms with van der Waals surface area (Å²) < 4.78 is 0. The molecule has 0 amide bonds.